The minimum atomic E-state index is -0.000904. The van der Waals surface area contributed by atoms with Crippen LogP contribution in [0.5, 0.6) is 0 Å². The van der Waals surface area contributed by atoms with Crippen LogP contribution >= 0.6 is 0 Å². The lowest BCUT2D eigenvalue weighted by atomic mass is 9.70. The first-order valence-corrected chi connectivity index (χ1v) is 5.72. The molecule has 0 heterocycles. The Bertz CT molecular complexity index is 236. The minimum absolute atomic E-state index is 0.000904. The first-order valence-electron chi connectivity index (χ1n) is 5.72. The highest BCUT2D eigenvalue weighted by Crippen LogP contribution is 2.39. The summed E-state index contributed by atoms with van der Waals surface area (Å²) in [5, 5.41) is 3.07. The van der Waals surface area contributed by atoms with Crippen molar-refractivity contribution in [3.05, 3.63) is 12.7 Å². The van der Waals surface area contributed by atoms with E-state index in [1.54, 1.807) is 0 Å². The van der Waals surface area contributed by atoms with Gasteiger partial charge in [0.25, 0.3) is 0 Å². The van der Waals surface area contributed by atoms with E-state index in [2.05, 4.69) is 11.9 Å². The number of hydrogen-bond donors (Lipinski definition) is 1. The van der Waals surface area contributed by atoms with E-state index >= 15 is 0 Å². The van der Waals surface area contributed by atoms with Crippen molar-refractivity contribution in [1.82, 2.24) is 5.32 Å². The molecule has 0 radical (unpaired) electrons. The molecule has 2 saturated carbocycles. The molecule has 2 rings (SSSR count). The number of amides is 1. The number of hydrogen-bond acceptors (Lipinski definition) is 1. The molecule has 0 aromatic carbocycles. The van der Waals surface area contributed by atoms with Gasteiger partial charge in [-0.25, -0.2) is 0 Å². The van der Waals surface area contributed by atoms with E-state index in [9.17, 15) is 4.79 Å². The lowest BCUT2D eigenvalue weighted by Crippen LogP contribution is -2.44. The highest BCUT2D eigenvalue weighted by molar-refractivity contribution is 5.87. The molecule has 2 fully saturated rings. The van der Waals surface area contributed by atoms with E-state index in [0.717, 1.165) is 11.8 Å². The second kappa shape index (κ2) is 4.16. The van der Waals surface area contributed by atoms with Crippen LogP contribution in [0.4, 0.5) is 0 Å². The monoisotopic (exact) mass is 193 g/mol. The quantitative estimate of drug-likeness (QED) is 0.670. The average Bonchev–Trinajstić information content (AvgIpc) is 2.23. The predicted molar refractivity (Wildman–Crippen MR) is 56.8 cm³/mol. The molecular weight excluding hydrogens is 174 g/mol. The van der Waals surface area contributed by atoms with Crippen LogP contribution in [0.2, 0.25) is 0 Å². The third-order valence-corrected chi connectivity index (χ3v) is 3.79. The maximum atomic E-state index is 11.2. The Morgan fingerprint density at radius 1 is 1.29 bits per heavy atom. The van der Waals surface area contributed by atoms with Crippen molar-refractivity contribution in [1.29, 1.82) is 0 Å². The number of carbonyl (C=O) groups is 1. The van der Waals surface area contributed by atoms with E-state index in [-0.39, 0.29) is 5.91 Å². The number of fused-ring (bicyclic) bond motifs is 2. The minimum Gasteiger partial charge on any atom is -0.350 e. The number of rotatable bonds is 2. The lowest BCUT2D eigenvalue weighted by Gasteiger charge is -2.40. The van der Waals surface area contributed by atoms with Gasteiger partial charge in [-0.15, -0.1) is 0 Å². The van der Waals surface area contributed by atoms with E-state index in [1.807, 2.05) is 0 Å². The third-order valence-electron chi connectivity index (χ3n) is 3.79. The smallest absolute Gasteiger partial charge is 0.243 e. The summed E-state index contributed by atoms with van der Waals surface area (Å²) in [6.45, 7) is 3.49. The number of nitrogens with one attached hydrogen (secondary N) is 1. The Morgan fingerprint density at radius 3 is 2.93 bits per heavy atom. The fourth-order valence-electron chi connectivity index (χ4n) is 3.04. The Balaban J connectivity index is 1.92. The molecule has 78 valence electrons. The normalized spacial score (nSPS) is 36.1. The molecule has 0 aliphatic heterocycles. The van der Waals surface area contributed by atoms with Crippen molar-refractivity contribution < 1.29 is 4.79 Å². The second-order valence-electron chi connectivity index (χ2n) is 4.69. The summed E-state index contributed by atoms with van der Waals surface area (Å²) in [5.74, 6) is 1.69. The van der Waals surface area contributed by atoms with Crippen molar-refractivity contribution in [3.8, 4) is 0 Å². The van der Waals surface area contributed by atoms with Gasteiger partial charge in [-0.3, -0.25) is 4.79 Å². The van der Waals surface area contributed by atoms with Gasteiger partial charge < -0.3 is 5.32 Å². The van der Waals surface area contributed by atoms with Crippen LogP contribution in [0.15, 0.2) is 12.7 Å². The summed E-state index contributed by atoms with van der Waals surface area (Å²) in [4.78, 5) is 11.2. The Labute approximate surface area is 85.8 Å². The molecule has 2 heteroatoms. The van der Waals surface area contributed by atoms with Gasteiger partial charge in [-0.2, -0.15) is 0 Å². The van der Waals surface area contributed by atoms with Crippen molar-refractivity contribution in [2.45, 2.75) is 44.6 Å². The molecule has 1 N–H and O–H groups in total. The summed E-state index contributed by atoms with van der Waals surface area (Å²) in [7, 11) is 0. The van der Waals surface area contributed by atoms with E-state index in [4.69, 9.17) is 0 Å². The average molecular weight is 193 g/mol. The summed E-state index contributed by atoms with van der Waals surface area (Å²) in [6.07, 6.45) is 9.28. The molecule has 2 aliphatic rings. The maximum absolute atomic E-state index is 11.2. The van der Waals surface area contributed by atoms with Gasteiger partial charge in [-0.1, -0.05) is 19.4 Å². The van der Waals surface area contributed by atoms with Crippen LogP contribution in [0, 0.1) is 11.8 Å². The van der Waals surface area contributed by atoms with Gasteiger partial charge in [0.15, 0.2) is 0 Å². The molecule has 2 nitrogen and oxygen atoms in total. The Hall–Kier alpha value is -0.790. The van der Waals surface area contributed by atoms with Crippen LogP contribution in [0.1, 0.15) is 38.5 Å². The molecule has 0 spiro atoms. The largest absolute Gasteiger partial charge is 0.350 e. The van der Waals surface area contributed by atoms with Crippen LogP contribution in [-0.4, -0.2) is 11.9 Å². The van der Waals surface area contributed by atoms with E-state index in [1.165, 1.54) is 44.6 Å². The van der Waals surface area contributed by atoms with Crippen LogP contribution in [0.25, 0.3) is 0 Å². The molecule has 3 unspecified atom stereocenters. The van der Waals surface area contributed by atoms with Crippen molar-refractivity contribution in [3.63, 3.8) is 0 Å². The molecule has 2 bridgehead atoms. The predicted octanol–water partition coefficient (Wildman–Crippen LogP) is 2.26. The SMILES string of the molecule is C=CC(=O)NC1CCC2CCCC1C2. The van der Waals surface area contributed by atoms with Gasteiger partial charge in [0.1, 0.15) is 0 Å². The molecule has 0 aromatic rings. The van der Waals surface area contributed by atoms with E-state index in [0.29, 0.717) is 6.04 Å². The van der Waals surface area contributed by atoms with Crippen molar-refractivity contribution in [2.24, 2.45) is 11.8 Å². The van der Waals surface area contributed by atoms with Gasteiger partial charge in [-0.05, 0) is 43.6 Å². The van der Waals surface area contributed by atoms with Gasteiger partial charge in [0, 0.05) is 6.04 Å². The van der Waals surface area contributed by atoms with E-state index < -0.39 is 0 Å². The summed E-state index contributed by atoms with van der Waals surface area (Å²) in [6, 6.07) is 0.428. The first-order chi connectivity index (χ1) is 6.79. The Morgan fingerprint density at radius 2 is 2.14 bits per heavy atom. The highest BCUT2D eigenvalue weighted by atomic mass is 16.1. The summed E-state index contributed by atoms with van der Waals surface area (Å²) < 4.78 is 0. The zero-order valence-corrected chi connectivity index (χ0v) is 8.67. The van der Waals surface area contributed by atoms with Crippen LogP contribution in [-0.2, 0) is 4.79 Å². The zero-order valence-electron chi connectivity index (χ0n) is 8.67. The fourth-order valence-corrected chi connectivity index (χ4v) is 3.04. The topological polar surface area (TPSA) is 29.1 Å². The zero-order chi connectivity index (χ0) is 9.97. The molecular formula is C12H19NO. The lowest BCUT2D eigenvalue weighted by molar-refractivity contribution is -0.118. The fraction of sp³-hybridized carbons (Fsp3) is 0.750. The summed E-state index contributed by atoms with van der Waals surface area (Å²) in [5.41, 5.74) is 0. The second-order valence-corrected chi connectivity index (χ2v) is 4.69. The molecule has 0 aromatic heterocycles. The highest BCUT2D eigenvalue weighted by Gasteiger charge is 2.33. The maximum Gasteiger partial charge on any atom is 0.243 e. The van der Waals surface area contributed by atoms with Crippen molar-refractivity contribution >= 4 is 5.91 Å². The summed E-state index contributed by atoms with van der Waals surface area (Å²) >= 11 is 0. The van der Waals surface area contributed by atoms with Gasteiger partial charge in [0.05, 0.1) is 0 Å². The first kappa shape index (κ1) is 9.75. The molecule has 3 atom stereocenters. The molecule has 2 aliphatic carbocycles. The standard InChI is InChI=1S/C12H19NO/c1-2-12(14)13-11-7-6-9-4-3-5-10(11)8-9/h2,9-11H,1,3-8H2,(H,13,14). The Kier molecular flexibility index (Phi) is 2.90. The van der Waals surface area contributed by atoms with Gasteiger partial charge in [0.2, 0.25) is 5.91 Å². The molecule has 0 saturated heterocycles. The van der Waals surface area contributed by atoms with Crippen LogP contribution in [0.3, 0.4) is 0 Å². The van der Waals surface area contributed by atoms with Crippen LogP contribution < -0.4 is 5.32 Å². The third kappa shape index (κ3) is 1.99. The van der Waals surface area contributed by atoms with Crippen molar-refractivity contribution in [2.75, 3.05) is 0 Å². The molecule has 1 amide bonds. The molecule has 14 heavy (non-hydrogen) atoms. The van der Waals surface area contributed by atoms with Gasteiger partial charge >= 0.3 is 0 Å². The number of carbonyl (C=O) groups excluding carboxylic acids is 1.